The molecule has 4 rings (SSSR count). The van der Waals surface area contributed by atoms with Crippen LogP contribution in [0, 0.1) is 0 Å². The number of carbonyl (C=O) groups is 1. The van der Waals surface area contributed by atoms with Gasteiger partial charge in [0.25, 0.3) is 11.8 Å². The summed E-state index contributed by atoms with van der Waals surface area (Å²) in [5, 5.41) is 0.785. The molecule has 0 spiro atoms. The molecule has 0 unspecified atom stereocenters. The van der Waals surface area contributed by atoms with Gasteiger partial charge in [0, 0.05) is 50.4 Å². The summed E-state index contributed by atoms with van der Waals surface area (Å²) in [6.07, 6.45) is 1.57. The predicted molar refractivity (Wildman–Crippen MR) is 107 cm³/mol. The van der Waals surface area contributed by atoms with Gasteiger partial charge >= 0.3 is 0 Å². The molecule has 0 bridgehead atoms. The van der Waals surface area contributed by atoms with E-state index < -0.39 is 5.92 Å². The first-order valence-electron chi connectivity index (χ1n) is 10.4. The van der Waals surface area contributed by atoms with Crippen molar-refractivity contribution in [3.8, 4) is 5.75 Å². The Morgan fingerprint density at radius 1 is 1.14 bits per heavy atom. The maximum absolute atomic E-state index is 13.3. The van der Waals surface area contributed by atoms with Crippen LogP contribution in [0.2, 0.25) is 0 Å². The Bertz CT molecular complexity index is 862. The molecule has 0 atom stereocenters. The number of hydrogen-bond acceptors (Lipinski definition) is 4. The van der Waals surface area contributed by atoms with Crippen LogP contribution >= 0.6 is 0 Å². The maximum atomic E-state index is 13.3. The highest BCUT2D eigenvalue weighted by Crippen LogP contribution is 2.30. The summed E-state index contributed by atoms with van der Waals surface area (Å²) < 4.78 is 38.5. The second-order valence-corrected chi connectivity index (χ2v) is 8.41. The number of ether oxygens (including phenoxy) is 1. The Morgan fingerprint density at radius 2 is 1.83 bits per heavy atom. The molecule has 2 aliphatic rings. The fourth-order valence-electron chi connectivity index (χ4n) is 4.10. The number of nitrogens with zero attached hydrogens (tertiary/aromatic N) is 2. The number of piperidine rings is 2. The van der Waals surface area contributed by atoms with Crippen LogP contribution in [0.25, 0.3) is 11.0 Å². The predicted octanol–water partition coefficient (Wildman–Crippen LogP) is 4.56. The Kier molecular flexibility index (Phi) is 5.51. The number of rotatable bonds is 4. The molecule has 1 aromatic carbocycles. The minimum Gasteiger partial charge on any atom is -0.490 e. The summed E-state index contributed by atoms with van der Waals surface area (Å²) in [7, 11) is 0. The SMILES string of the molecule is CC(C)N1CCC(Oc2ccc3oc(C(=O)N4CCC(F)(F)CC4)cc3c2)CC1. The minimum absolute atomic E-state index is 0.0479. The number of hydrogen-bond donors (Lipinski definition) is 0. The third-order valence-electron chi connectivity index (χ3n) is 5.99. The summed E-state index contributed by atoms with van der Waals surface area (Å²) in [6, 6.07) is 7.78. The summed E-state index contributed by atoms with van der Waals surface area (Å²) in [4.78, 5) is 16.5. The van der Waals surface area contributed by atoms with Crippen molar-refractivity contribution in [1.82, 2.24) is 9.80 Å². The third kappa shape index (κ3) is 4.55. The maximum Gasteiger partial charge on any atom is 0.289 e. The molecular formula is C22H28F2N2O3. The summed E-state index contributed by atoms with van der Waals surface area (Å²) in [5.74, 6) is -2.06. The van der Waals surface area contributed by atoms with Gasteiger partial charge in [-0.2, -0.15) is 0 Å². The van der Waals surface area contributed by atoms with Gasteiger partial charge < -0.3 is 19.0 Å². The summed E-state index contributed by atoms with van der Waals surface area (Å²) in [6.45, 7) is 6.58. The molecule has 1 amide bonds. The van der Waals surface area contributed by atoms with Crippen molar-refractivity contribution >= 4 is 16.9 Å². The van der Waals surface area contributed by atoms with Crippen LogP contribution in [0.5, 0.6) is 5.75 Å². The number of halogens is 2. The van der Waals surface area contributed by atoms with Crippen LogP contribution in [-0.2, 0) is 0 Å². The highest BCUT2D eigenvalue weighted by molar-refractivity contribution is 5.96. The lowest BCUT2D eigenvalue weighted by Crippen LogP contribution is -2.42. The third-order valence-corrected chi connectivity index (χ3v) is 5.99. The fourth-order valence-corrected chi connectivity index (χ4v) is 4.10. The van der Waals surface area contributed by atoms with E-state index in [9.17, 15) is 13.6 Å². The van der Waals surface area contributed by atoms with Gasteiger partial charge in [-0.1, -0.05) is 0 Å². The molecule has 0 saturated carbocycles. The Hall–Kier alpha value is -2.15. The second-order valence-electron chi connectivity index (χ2n) is 8.41. The highest BCUT2D eigenvalue weighted by Gasteiger charge is 2.36. The fraction of sp³-hybridized carbons (Fsp3) is 0.591. The van der Waals surface area contributed by atoms with Crippen molar-refractivity contribution in [2.45, 2.75) is 57.6 Å². The lowest BCUT2D eigenvalue weighted by Gasteiger charge is -2.34. The van der Waals surface area contributed by atoms with Gasteiger partial charge in [0.1, 0.15) is 17.4 Å². The number of furan rings is 1. The molecular weight excluding hydrogens is 378 g/mol. The van der Waals surface area contributed by atoms with Crippen LogP contribution in [0.3, 0.4) is 0 Å². The zero-order valence-corrected chi connectivity index (χ0v) is 17.0. The van der Waals surface area contributed by atoms with Gasteiger partial charge in [-0.3, -0.25) is 4.79 Å². The second kappa shape index (κ2) is 7.94. The van der Waals surface area contributed by atoms with Crippen molar-refractivity contribution < 1.29 is 22.7 Å². The molecule has 1 aromatic heterocycles. The van der Waals surface area contributed by atoms with E-state index in [2.05, 4.69) is 18.7 Å². The number of amides is 1. The molecule has 0 radical (unpaired) electrons. The van der Waals surface area contributed by atoms with Gasteiger partial charge in [0.05, 0.1) is 0 Å². The molecule has 0 N–H and O–H groups in total. The topological polar surface area (TPSA) is 45.9 Å². The van der Waals surface area contributed by atoms with E-state index in [4.69, 9.17) is 9.15 Å². The smallest absolute Gasteiger partial charge is 0.289 e. The minimum atomic E-state index is -2.68. The van der Waals surface area contributed by atoms with Gasteiger partial charge in [-0.15, -0.1) is 0 Å². The first-order valence-corrected chi connectivity index (χ1v) is 10.4. The Morgan fingerprint density at radius 3 is 2.48 bits per heavy atom. The molecule has 7 heteroatoms. The lowest BCUT2D eigenvalue weighted by atomic mass is 10.1. The summed E-state index contributed by atoms with van der Waals surface area (Å²) >= 11 is 0. The zero-order valence-electron chi connectivity index (χ0n) is 17.0. The van der Waals surface area contributed by atoms with E-state index in [0.717, 1.165) is 37.1 Å². The Balaban J connectivity index is 1.41. The first-order chi connectivity index (χ1) is 13.8. The van der Waals surface area contributed by atoms with Crippen molar-refractivity contribution in [3.63, 3.8) is 0 Å². The molecule has 2 aromatic rings. The molecule has 2 saturated heterocycles. The van der Waals surface area contributed by atoms with Crippen LogP contribution in [0.15, 0.2) is 28.7 Å². The number of benzene rings is 1. The molecule has 29 heavy (non-hydrogen) atoms. The normalized spacial score (nSPS) is 21.1. The van der Waals surface area contributed by atoms with E-state index in [1.807, 2.05) is 12.1 Å². The van der Waals surface area contributed by atoms with Gasteiger partial charge in [0.15, 0.2) is 5.76 Å². The standard InChI is InChI=1S/C22H28F2N2O3/c1-15(2)25-9-5-17(6-10-25)28-18-3-4-19-16(13-18)14-20(29-19)21(27)26-11-7-22(23,24)8-12-26/h3-4,13-15,17H,5-12H2,1-2H3. The monoisotopic (exact) mass is 406 g/mol. The van der Waals surface area contributed by atoms with Crippen LogP contribution in [-0.4, -0.2) is 60.0 Å². The van der Waals surface area contributed by atoms with Crippen LogP contribution < -0.4 is 4.74 Å². The van der Waals surface area contributed by atoms with Gasteiger partial charge in [-0.05, 0) is 51.0 Å². The largest absolute Gasteiger partial charge is 0.490 e. The van der Waals surface area contributed by atoms with Crippen molar-refractivity contribution in [2.24, 2.45) is 0 Å². The quantitative estimate of drug-likeness (QED) is 0.747. The highest BCUT2D eigenvalue weighted by atomic mass is 19.3. The van der Waals surface area contributed by atoms with Gasteiger partial charge in [0.2, 0.25) is 0 Å². The average molecular weight is 406 g/mol. The van der Waals surface area contributed by atoms with Crippen LogP contribution in [0.1, 0.15) is 50.1 Å². The van der Waals surface area contributed by atoms with E-state index in [1.54, 1.807) is 12.1 Å². The first kappa shape index (κ1) is 20.1. The number of likely N-dealkylation sites (tertiary alicyclic amines) is 2. The van der Waals surface area contributed by atoms with Crippen LogP contribution in [0.4, 0.5) is 8.78 Å². The van der Waals surface area contributed by atoms with E-state index in [1.165, 1.54) is 4.90 Å². The number of carbonyl (C=O) groups excluding carboxylic acids is 1. The average Bonchev–Trinajstić information content (AvgIpc) is 3.11. The Labute approximate surface area is 169 Å². The molecule has 0 aliphatic carbocycles. The number of fused-ring (bicyclic) bond motifs is 1. The van der Waals surface area contributed by atoms with E-state index in [-0.39, 0.29) is 43.7 Å². The van der Waals surface area contributed by atoms with Crippen molar-refractivity contribution in [1.29, 1.82) is 0 Å². The van der Waals surface area contributed by atoms with E-state index >= 15 is 0 Å². The summed E-state index contributed by atoms with van der Waals surface area (Å²) in [5.41, 5.74) is 0.595. The zero-order chi connectivity index (χ0) is 20.6. The molecule has 2 fully saturated rings. The molecule has 5 nitrogen and oxygen atoms in total. The molecule has 3 heterocycles. The van der Waals surface area contributed by atoms with Crippen molar-refractivity contribution in [2.75, 3.05) is 26.2 Å². The van der Waals surface area contributed by atoms with Crippen molar-refractivity contribution in [3.05, 3.63) is 30.0 Å². The number of alkyl halides is 2. The molecule has 2 aliphatic heterocycles. The van der Waals surface area contributed by atoms with Gasteiger partial charge in [-0.25, -0.2) is 8.78 Å². The molecule has 158 valence electrons. The van der Waals surface area contributed by atoms with E-state index in [0.29, 0.717) is 11.6 Å². The lowest BCUT2D eigenvalue weighted by molar-refractivity contribution is -0.0498.